The van der Waals surface area contributed by atoms with E-state index >= 15 is 0 Å². The minimum absolute atomic E-state index is 0.0188. The second-order valence-electron chi connectivity index (χ2n) is 11.1. The summed E-state index contributed by atoms with van der Waals surface area (Å²) in [5, 5.41) is 0.281. The highest BCUT2D eigenvalue weighted by Gasteiger charge is 2.34. The highest BCUT2D eigenvalue weighted by molar-refractivity contribution is 9.10. The molecule has 1 aliphatic rings. The van der Waals surface area contributed by atoms with Crippen molar-refractivity contribution in [3.05, 3.63) is 109 Å². The monoisotopic (exact) mass is 777 g/mol. The maximum absolute atomic E-state index is 14.9. The molecule has 8 nitrogen and oxygen atoms in total. The Hall–Kier alpha value is -4.31. The number of halogens is 9. The van der Waals surface area contributed by atoms with Crippen LogP contribution in [-0.2, 0) is 13.1 Å². The molecule has 0 saturated carbocycles. The standard InChI is InChI=1S/C32H24BrClF7N3O5/c1-17(22-8-7-21(14-25(22)35)49-32(39,40)41)12-27(45)28-26-15-42(29(46)18-2-9-23(33)24(34)13-18)10-11-43(26)30(47)44(28)19-3-5-20(6-4-19)48-16-31(36,37)38/h2-9,13-14,17H,10-12,15-16H2,1H3/t17-/m1/s1. The zero-order chi connectivity index (χ0) is 35.8. The van der Waals surface area contributed by atoms with Crippen LogP contribution in [0.5, 0.6) is 11.5 Å². The molecule has 17 heteroatoms. The van der Waals surface area contributed by atoms with E-state index in [9.17, 15) is 45.1 Å². The average molecular weight is 779 g/mol. The van der Waals surface area contributed by atoms with E-state index in [2.05, 4.69) is 20.7 Å². The molecule has 0 aliphatic carbocycles. The lowest BCUT2D eigenvalue weighted by Crippen LogP contribution is -2.41. The number of hydrogen-bond donors (Lipinski definition) is 0. The van der Waals surface area contributed by atoms with E-state index in [1.54, 1.807) is 12.1 Å². The molecule has 4 aromatic rings. The van der Waals surface area contributed by atoms with Crippen molar-refractivity contribution in [2.24, 2.45) is 0 Å². The molecule has 2 heterocycles. The Morgan fingerprint density at radius 3 is 2.24 bits per heavy atom. The third kappa shape index (κ3) is 8.29. The van der Waals surface area contributed by atoms with Gasteiger partial charge in [0.2, 0.25) is 0 Å². The van der Waals surface area contributed by atoms with Gasteiger partial charge in [-0.3, -0.25) is 18.7 Å². The van der Waals surface area contributed by atoms with Crippen LogP contribution < -0.4 is 15.2 Å². The van der Waals surface area contributed by atoms with Gasteiger partial charge in [-0.05, 0) is 75.9 Å². The van der Waals surface area contributed by atoms with Crippen molar-refractivity contribution >= 4 is 39.2 Å². The number of amides is 1. The minimum atomic E-state index is -5.05. The molecule has 0 saturated heterocycles. The van der Waals surface area contributed by atoms with E-state index in [1.807, 2.05) is 0 Å². The predicted molar refractivity (Wildman–Crippen MR) is 166 cm³/mol. The number of hydrogen-bond acceptors (Lipinski definition) is 5. The SMILES string of the molecule is C[C@H](CC(=O)c1c2n(c(=O)n1-c1ccc(OCC(F)(F)F)cc1)CCN(C(=O)c1ccc(Br)c(Cl)c1)C2)c1ccc(OC(F)(F)F)cc1F. The van der Waals surface area contributed by atoms with Crippen LogP contribution in [-0.4, -0.2) is 51.4 Å². The summed E-state index contributed by atoms with van der Waals surface area (Å²) in [7, 11) is 0. The lowest BCUT2D eigenvalue weighted by molar-refractivity contribution is -0.274. The number of ether oxygens (including phenoxy) is 2. The van der Waals surface area contributed by atoms with Gasteiger partial charge < -0.3 is 14.4 Å². The summed E-state index contributed by atoms with van der Waals surface area (Å²) in [4.78, 5) is 42.7. The Kier molecular flexibility index (Phi) is 10.2. The highest BCUT2D eigenvalue weighted by atomic mass is 79.9. The van der Waals surface area contributed by atoms with Gasteiger partial charge in [0.1, 0.15) is 23.0 Å². The number of imidazole rings is 1. The van der Waals surface area contributed by atoms with Gasteiger partial charge in [-0.2, -0.15) is 13.2 Å². The Balaban J connectivity index is 1.51. The van der Waals surface area contributed by atoms with Gasteiger partial charge in [0.15, 0.2) is 12.4 Å². The van der Waals surface area contributed by atoms with E-state index in [0.29, 0.717) is 10.5 Å². The first-order chi connectivity index (χ1) is 22.9. The van der Waals surface area contributed by atoms with Gasteiger partial charge in [0, 0.05) is 35.6 Å². The van der Waals surface area contributed by atoms with Gasteiger partial charge in [-0.25, -0.2) is 9.18 Å². The summed E-state index contributed by atoms with van der Waals surface area (Å²) in [5.74, 6) is -4.03. The van der Waals surface area contributed by atoms with Gasteiger partial charge in [0.05, 0.1) is 22.9 Å². The molecule has 3 aromatic carbocycles. The van der Waals surface area contributed by atoms with Crippen LogP contribution in [0.4, 0.5) is 30.7 Å². The van der Waals surface area contributed by atoms with E-state index in [-0.39, 0.29) is 58.6 Å². The second-order valence-corrected chi connectivity index (χ2v) is 12.3. The molecule has 0 spiro atoms. The number of benzene rings is 3. The van der Waals surface area contributed by atoms with Crippen molar-refractivity contribution in [2.45, 2.75) is 44.9 Å². The number of rotatable bonds is 9. The lowest BCUT2D eigenvalue weighted by Gasteiger charge is -2.28. The normalized spacial score (nSPS) is 14.0. The zero-order valence-electron chi connectivity index (χ0n) is 25.2. The largest absolute Gasteiger partial charge is 0.573 e. The number of carbonyl (C=O) groups is 2. The maximum Gasteiger partial charge on any atom is 0.573 e. The molecular weight excluding hydrogens is 755 g/mol. The van der Waals surface area contributed by atoms with Gasteiger partial charge in [-0.15, -0.1) is 13.2 Å². The molecular formula is C32H24BrClF7N3O5. The summed E-state index contributed by atoms with van der Waals surface area (Å²) in [6.45, 7) is -0.230. The third-order valence-electron chi connectivity index (χ3n) is 7.62. The van der Waals surface area contributed by atoms with Gasteiger partial charge in [0.25, 0.3) is 5.91 Å². The Labute approximate surface area is 286 Å². The topological polar surface area (TPSA) is 82.8 Å². The molecule has 1 aromatic heterocycles. The molecule has 0 bridgehead atoms. The van der Waals surface area contributed by atoms with Crippen LogP contribution in [0.2, 0.25) is 5.02 Å². The van der Waals surface area contributed by atoms with Crippen molar-refractivity contribution in [1.82, 2.24) is 14.0 Å². The van der Waals surface area contributed by atoms with Crippen LogP contribution in [0.3, 0.4) is 0 Å². The van der Waals surface area contributed by atoms with Crippen LogP contribution in [0.25, 0.3) is 5.69 Å². The van der Waals surface area contributed by atoms with Crippen LogP contribution in [0.15, 0.2) is 69.9 Å². The molecule has 1 amide bonds. The first kappa shape index (κ1) is 36.0. The number of fused-ring (bicyclic) bond motifs is 1. The van der Waals surface area contributed by atoms with Crippen molar-refractivity contribution in [3.63, 3.8) is 0 Å². The number of Topliss-reactive ketones (excluding diaryl/α,β-unsaturated/α-hetero) is 1. The van der Waals surface area contributed by atoms with Crippen molar-refractivity contribution in [2.75, 3.05) is 13.2 Å². The maximum atomic E-state index is 14.9. The number of ketones is 1. The average Bonchev–Trinajstić information content (AvgIpc) is 3.31. The molecule has 0 unspecified atom stereocenters. The predicted octanol–water partition coefficient (Wildman–Crippen LogP) is 8.07. The minimum Gasteiger partial charge on any atom is -0.484 e. The number of aromatic nitrogens is 2. The molecule has 5 rings (SSSR count). The number of alkyl halides is 6. The van der Waals surface area contributed by atoms with E-state index in [1.165, 1.54) is 46.7 Å². The van der Waals surface area contributed by atoms with Crippen LogP contribution in [0.1, 0.15) is 51.4 Å². The molecule has 0 radical (unpaired) electrons. The molecule has 49 heavy (non-hydrogen) atoms. The second kappa shape index (κ2) is 13.9. The molecule has 1 aliphatic heterocycles. The Morgan fingerprint density at radius 1 is 0.959 bits per heavy atom. The lowest BCUT2D eigenvalue weighted by atomic mass is 9.93. The fraction of sp³-hybridized carbons (Fsp3) is 0.281. The summed E-state index contributed by atoms with van der Waals surface area (Å²) < 4.78 is 102. The van der Waals surface area contributed by atoms with Crippen LogP contribution >= 0.6 is 27.5 Å². The fourth-order valence-electron chi connectivity index (χ4n) is 5.42. The van der Waals surface area contributed by atoms with E-state index < -0.39 is 60.4 Å². The molecule has 0 N–H and O–H groups in total. The number of nitrogens with zero attached hydrogens (tertiary/aromatic N) is 3. The first-order valence-corrected chi connectivity index (χ1v) is 15.6. The quantitative estimate of drug-likeness (QED) is 0.127. The summed E-state index contributed by atoms with van der Waals surface area (Å²) in [6, 6.07) is 12.0. The van der Waals surface area contributed by atoms with Crippen molar-refractivity contribution in [1.29, 1.82) is 0 Å². The molecule has 260 valence electrons. The Bertz CT molecular complexity index is 1960. The Morgan fingerprint density at radius 2 is 1.63 bits per heavy atom. The third-order valence-corrected chi connectivity index (χ3v) is 8.85. The van der Waals surface area contributed by atoms with Crippen molar-refractivity contribution < 1.29 is 49.8 Å². The summed E-state index contributed by atoms with van der Waals surface area (Å²) in [6.07, 6.45) is -10.1. The van der Waals surface area contributed by atoms with Crippen LogP contribution in [0, 0.1) is 5.82 Å². The smallest absolute Gasteiger partial charge is 0.484 e. The summed E-state index contributed by atoms with van der Waals surface area (Å²) in [5.41, 5.74) is -0.442. The van der Waals surface area contributed by atoms with Crippen molar-refractivity contribution in [3.8, 4) is 17.2 Å². The molecule has 0 fully saturated rings. The van der Waals surface area contributed by atoms with E-state index in [4.69, 9.17) is 16.3 Å². The van der Waals surface area contributed by atoms with Gasteiger partial charge in [-0.1, -0.05) is 24.6 Å². The van der Waals surface area contributed by atoms with E-state index in [0.717, 1.165) is 16.7 Å². The zero-order valence-corrected chi connectivity index (χ0v) is 27.5. The summed E-state index contributed by atoms with van der Waals surface area (Å²) >= 11 is 9.44. The first-order valence-electron chi connectivity index (χ1n) is 14.4. The molecule has 1 atom stereocenters. The highest BCUT2D eigenvalue weighted by Crippen LogP contribution is 2.32. The fourth-order valence-corrected chi connectivity index (χ4v) is 5.84. The number of carbonyl (C=O) groups excluding carboxylic acids is 2. The van der Waals surface area contributed by atoms with Gasteiger partial charge >= 0.3 is 18.2 Å².